The highest BCUT2D eigenvalue weighted by molar-refractivity contribution is 7.98. The van der Waals surface area contributed by atoms with Gasteiger partial charge in [-0.1, -0.05) is 36.0 Å². The van der Waals surface area contributed by atoms with Gasteiger partial charge in [0.15, 0.2) is 17.0 Å². The molecule has 0 aliphatic heterocycles. The lowest BCUT2D eigenvalue weighted by atomic mass is 10.1. The van der Waals surface area contributed by atoms with Gasteiger partial charge in [-0.05, 0) is 42.7 Å². The predicted molar refractivity (Wildman–Crippen MR) is 195 cm³/mol. The molecule has 290 valence electrons. The first kappa shape index (κ1) is 38.8. The molecule has 8 rings (SSSR count). The minimum absolute atomic E-state index is 0.102. The molecule has 0 fully saturated rings. The number of nitrogens with zero attached hydrogens (tertiary/aromatic N) is 10. The zero-order valence-electron chi connectivity index (χ0n) is 29.2. The van der Waals surface area contributed by atoms with Gasteiger partial charge in [-0.15, -0.1) is 0 Å². The minimum Gasteiger partial charge on any atom is -0.619 e. The zero-order valence-corrected chi connectivity index (χ0v) is 30.8. The average molecular weight is 823 g/mol. The summed E-state index contributed by atoms with van der Waals surface area (Å²) < 4.78 is 106. The van der Waals surface area contributed by atoms with Crippen LogP contribution in [0.1, 0.15) is 11.1 Å². The van der Waals surface area contributed by atoms with Gasteiger partial charge in [-0.25, -0.2) is 38.3 Å². The van der Waals surface area contributed by atoms with Crippen LogP contribution < -0.4 is 4.73 Å². The van der Waals surface area contributed by atoms with Gasteiger partial charge >= 0.3 is 12.4 Å². The average Bonchev–Trinajstić information content (AvgIpc) is 3.76. The zero-order chi connectivity index (χ0) is 40.7. The third kappa shape index (κ3) is 8.10. The molecule has 0 N–H and O–H groups in total. The van der Waals surface area contributed by atoms with Crippen molar-refractivity contribution < 1.29 is 39.5 Å². The molecule has 21 heteroatoms. The fourth-order valence-corrected chi connectivity index (χ4v) is 6.56. The maximum Gasteiger partial charge on any atom is 0.416 e. The number of hydrogen-bond donors (Lipinski definition) is 0. The Balaban J connectivity index is 0.000000175. The van der Waals surface area contributed by atoms with E-state index < -0.39 is 38.5 Å². The second kappa shape index (κ2) is 14.9. The lowest BCUT2D eigenvalue weighted by molar-refractivity contribution is -0.604. The molecule has 0 amide bonds. The van der Waals surface area contributed by atoms with Crippen LogP contribution in [0.2, 0.25) is 0 Å². The van der Waals surface area contributed by atoms with Crippen LogP contribution in [0.4, 0.5) is 26.3 Å². The summed E-state index contributed by atoms with van der Waals surface area (Å²) in [6.45, 7) is 0. The maximum absolute atomic E-state index is 13.2. The SMILES string of the molecule is CS(=O)(=O)c1nccc(-c2c(-c3cccc(C(F)(F)F)c3)nc3c[n+]([O-])ccn23)n1.CSc1nccc(-c2c(-c3cccc(C(F)(F)F)c3)nc3cnccn23)n1. The van der Waals surface area contributed by atoms with Gasteiger partial charge in [0, 0.05) is 42.2 Å². The number of aromatic nitrogens is 10. The van der Waals surface area contributed by atoms with Gasteiger partial charge in [0.1, 0.15) is 0 Å². The molecule has 57 heavy (non-hydrogen) atoms. The predicted octanol–water partition coefficient (Wildman–Crippen LogP) is 7.11. The van der Waals surface area contributed by atoms with E-state index >= 15 is 0 Å². The molecule has 0 aliphatic carbocycles. The number of hydrogen-bond acceptors (Lipinski definition) is 11. The summed E-state index contributed by atoms with van der Waals surface area (Å²) in [7, 11) is -3.73. The first-order valence-electron chi connectivity index (χ1n) is 16.2. The number of thioether (sulfide) groups is 1. The molecule has 0 atom stereocenters. The quantitative estimate of drug-likeness (QED) is 0.0553. The Kier molecular flexibility index (Phi) is 10.1. The summed E-state index contributed by atoms with van der Waals surface area (Å²) in [6, 6.07) is 12.8. The van der Waals surface area contributed by atoms with E-state index in [9.17, 15) is 40.0 Å². The van der Waals surface area contributed by atoms with E-state index in [0.717, 1.165) is 36.7 Å². The number of imidazole rings is 2. The number of fused-ring (bicyclic) bond motifs is 2. The van der Waals surface area contributed by atoms with Crippen molar-refractivity contribution in [2.24, 2.45) is 0 Å². The van der Waals surface area contributed by atoms with E-state index in [1.54, 1.807) is 41.3 Å². The van der Waals surface area contributed by atoms with E-state index in [1.807, 2.05) is 6.26 Å². The third-order valence-electron chi connectivity index (χ3n) is 8.17. The molecule has 0 radical (unpaired) electrons. The van der Waals surface area contributed by atoms with Gasteiger partial charge in [0.2, 0.25) is 26.8 Å². The Morgan fingerprint density at radius 3 is 1.86 bits per heavy atom. The molecule has 6 heterocycles. The van der Waals surface area contributed by atoms with Crippen molar-refractivity contribution in [3.8, 4) is 45.3 Å². The molecular formula is C36H24F6N10O3S2. The topological polar surface area (TPSA) is 160 Å². The Labute approximate surface area is 322 Å². The van der Waals surface area contributed by atoms with E-state index in [-0.39, 0.29) is 28.3 Å². The first-order chi connectivity index (χ1) is 27.0. The summed E-state index contributed by atoms with van der Waals surface area (Å²) in [5.74, 6) is 0. The fraction of sp³-hybridized carbons (Fsp3) is 0.111. The standard InChI is InChI=1S/C18H12F3N5O3S.C18H12F3N5S/c1-30(28,29)17-22-6-5-13(23-17)16-15(24-14-10-25(27)7-8-26(14)16)11-3-2-4-12(9-11)18(19,20)21;1-27-17-23-6-5-13(24-17)16-15(25-14-10-22-7-8-26(14)16)11-3-2-4-12(9-11)18(19,20)21/h2-10H,1H3;2-10H,1H3. The van der Waals surface area contributed by atoms with Crippen LogP contribution in [0.25, 0.3) is 56.6 Å². The molecule has 0 saturated carbocycles. The molecular weight excluding hydrogens is 799 g/mol. The number of halogens is 6. The highest BCUT2D eigenvalue weighted by Gasteiger charge is 2.32. The Morgan fingerprint density at radius 1 is 0.719 bits per heavy atom. The molecule has 0 bridgehead atoms. The highest BCUT2D eigenvalue weighted by Crippen LogP contribution is 2.38. The van der Waals surface area contributed by atoms with Crippen LogP contribution in [-0.4, -0.2) is 64.6 Å². The largest absolute Gasteiger partial charge is 0.619 e. The molecule has 8 aromatic rings. The first-order valence-corrected chi connectivity index (χ1v) is 19.3. The van der Waals surface area contributed by atoms with Crippen LogP contribution in [0.5, 0.6) is 0 Å². The second-order valence-electron chi connectivity index (χ2n) is 12.0. The molecule has 0 saturated heterocycles. The molecule has 13 nitrogen and oxygen atoms in total. The van der Waals surface area contributed by atoms with Crippen LogP contribution in [0.15, 0.2) is 121 Å². The van der Waals surface area contributed by atoms with E-state index in [0.29, 0.717) is 38.2 Å². The van der Waals surface area contributed by atoms with Crippen molar-refractivity contribution in [1.82, 2.24) is 43.7 Å². The maximum atomic E-state index is 13.2. The number of rotatable bonds is 6. The minimum atomic E-state index is -4.56. The van der Waals surface area contributed by atoms with Gasteiger partial charge < -0.3 is 5.21 Å². The molecule has 2 aromatic carbocycles. The van der Waals surface area contributed by atoms with E-state index in [4.69, 9.17) is 0 Å². The monoisotopic (exact) mass is 822 g/mol. The lowest BCUT2D eigenvalue weighted by Crippen LogP contribution is -2.24. The van der Waals surface area contributed by atoms with Gasteiger partial charge in [-0.2, -0.15) is 31.1 Å². The second-order valence-corrected chi connectivity index (χ2v) is 14.7. The smallest absolute Gasteiger partial charge is 0.416 e. The number of benzene rings is 2. The fourth-order valence-electron chi connectivity index (χ4n) is 5.69. The third-order valence-corrected chi connectivity index (χ3v) is 9.59. The van der Waals surface area contributed by atoms with Gasteiger partial charge in [-0.3, -0.25) is 13.8 Å². The van der Waals surface area contributed by atoms with Crippen LogP contribution >= 0.6 is 11.8 Å². The normalized spacial score (nSPS) is 12.1. The Hall–Kier alpha value is -6.48. The van der Waals surface area contributed by atoms with Gasteiger partial charge in [0.05, 0.1) is 57.7 Å². The van der Waals surface area contributed by atoms with Gasteiger partial charge in [0.25, 0.3) is 0 Å². The molecule has 6 aromatic heterocycles. The van der Waals surface area contributed by atoms with Crippen LogP contribution in [0.3, 0.4) is 0 Å². The summed E-state index contributed by atoms with van der Waals surface area (Å²) in [5.41, 5.74) is 1.54. The van der Waals surface area contributed by atoms with Crippen molar-refractivity contribution in [2.75, 3.05) is 12.5 Å². The van der Waals surface area contributed by atoms with Crippen molar-refractivity contribution in [3.63, 3.8) is 0 Å². The molecule has 0 aliphatic rings. The van der Waals surface area contributed by atoms with Crippen LogP contribution in [0, 0.1) is 5.21 Å². The van der Waals surface area contributed by atoms with E-state index in [2.05, 4.69) is 34.9 Å². The van der Waals surface area contributed by atoms with Crippen molar-refractivity contribution in [2.45, 2.75) is 22.7 Å². The Morgan fingerprint density at radius 2 is 1.28 bits per heavy atom. The van der Waals surface area contributed by atoms with Crippen molar-refractivity contribution in [3.05, 3.63) is 127 Å². The molecule has 0 unspecified atom stereocenters. The summed E-state index contributed by atoms with van der Waals surface area (Å²) in [6.07, 6.45) is 5.16. The lowest BCUT2D eigenvalue weighted by Gasteiger charge is -2.09. The number of alkyl halides is 6. The van der Waals surface area contributed by atoms with Crippen molar-refractivity contribution >= 4 is 32.9 Å². The Bertz CT molecular complexity index is 2900. The van der Waals surface area contributed by atoms with Crippen molar-refractivity contribution in [1.29, 1.82) is 0 Å². The highest BCUT2D eigenvalue weighted by atomic mass is 32.2. The summed E-state index contributed by atoms with van der Waals surface area (Å²) in [4.78, 5) is 29.3. The molecule has 0 spiro atoms. The van der Waals surface area contributed by atoms with E-state index in [1.165, 1.54) is 59.0 Å². The van der Waals surface area contributed by atoms with Crippen LogP contribution in [-0.2, 0) is 22.2 Å². The summed E-state index contributed by atoms with van der Waals surface area (Å²) in [5, 5.41) is 11.8. The summed E-state index contributed by atoms with van der Waals surface area (Å²) >= 11 is 1.38. The number of sulfone groups is 1.